The number of carbonyl (C=O) groups excluding carboxylic acids is 1. The predicted molar refractivity (Wildman–Crippen MR) is 144 cm³/mol. The third-order valence-corrected chi connectivity index (χ3v) is 13.3. The highest BCUT2D eigenvalue weighted by atomic mass is 79.9. The predicted octanol–water partition coefficient (Wildman–Crippen LogP) is 6.01. The van der Waals surface area contributed by atoms with Crippen LogP contribution in [0.3, 0.4) is 0 Å². The lowest BCUT2D eigenvalue weighted by atomic mass is 10.1. The Morgan fingerprint density at radius 3 is 2.29 bits per heavy atom. The van der Waals surface area contributed by atoms with E-state index in [1.165, 1.54) is 10.9 Å². The Balaban J connectivity index is 2.19. The maximum absolute atomic E-state index is 13.6. The average Bonchev–Trinajstić information content (AvgIpc) is 3.09. The second kappa shape index (κ2) is 9.51. The van der Waals surface area contributed by atoms with Crippen LogP contribution >= 0.6 is 15.9 Å². The van der Waals surface area contributed by atoms with Crippen LogP contribution < -0.4 is 9.74 Å². The molecule has 0 atom stereocenters. The zero-order valence-corrected chi connectivity index (χ0v) is 24.2. The number of hydrogen-bond acceptors (Lipinski definition) is 4. The van der Waals surface area contributed by atoms with Crippen LogP contribution in [-0.4, -0.2) is 33.2 Å². The minimum Gasteiger partial charge on any atom is -0.543 e. The third kappa shape index (κ3) is 5.26. The second-order valence-corrected chi connectivity index (χ2v) is 17.5. The van der Waals surface area contributed by atoms with Crippen LogP contribution in [0.15, 0.2) is 52.0 Å². The van der Waals surface area contributed by atoms with Crippen molar-refractivity contribution >= 4 is 51.1 Å². The summed E-state index contributed by atoms with van der Waals surface area (Å²) in [7, 11) is -5.94. The van der Waals surface area contributed by atoms with Crippen molar-refractivity contribution in [2.75, 3.05) is 6.54 Å². The molecular weight excluding hydrogens is 532 g/mol. The van der Waals surface area contributed by atoms with Crippen molar-refractivity contribution in [1.29, 1.82) is 0 Å². The molecule has 0 aliphatic heterocycles. The van der Waals surface area contributed by atoms with Crippen LogP contribution in [0.4, 0.5) is 0 Å². The molecule has 3 aromatic rings. The third-order valence-electron chi connectivity index (χ3n) is 6.43. The van der Waals surface area contributed by atoms with Crippen molar-refractivity contribution in [2.45, 2.75) is 64.1 Å². The lowest BCUT2D eigenvalue weighted by Crippen LogP contribution is -2.43. The number of nitrogens with one attached hydrogen (secondary N) is 1. The average molecular weight is 566 g/mol. The molecule has 0 saturated heterocycles. The number of nitrogens with zero attached hydrogens (tertiary/aromatic N) is 1. The maximum Gasteiger partial charge on any atom is 0.268 e. The van der Waals surface area contributed by atoms with E-state index in [2.05, 4.69) is 55.1 Å². The summed E-state index contributed by atoms with van der Waals surface area (Å²) in [5.74, 6) is 0.572. The zero-order valence-electron chi connectivity index (χ0n) is 20.8. The number of rotatable bonds is 7. The molecule has 1 heterocycles. The highest BCUT2D eigenvalue weighted by Gasteiger charge is 2.39. The highest BCUT2D eigenvalue weighted by Crippen LogP contribution is 2.43. The van der Waals surface area contributed by atoms with Crippen molar-refractivity contribution < 1.29 is 17.6 Å². The largest absolute Gasteiger partial charge is 0.543 e. The lowest BCUT2D eigenvalue weighted by molar-refractivity contribution is -0.118. The molecule has 0 aliphatic rings. The van der Waals surface area contributed by atoms with Gasteiger partial charge in [0.25, 0.3) is 18.3 Å². The van der Waals surface area contributed by atoms with Crippen molar-refractivity contribution in [3.8, 4) is 5.75 Å². The van der Waals surface area contributed by atoms with Gasteiger partial charge < -0.3 is 9.74 Å². The van der Waals surface area contributed by atoms with Crippen LogP contribution in [0.25, 0.3) is 10.9 Å². The summed E-state index contributed by atoms with van der Waals surface area (Å²) in [6, 6.07) is 10.5. The minimum absolute atomic E-state index is 0.0103. The standard InChI is InChI=1S/C25H33BrN2O4SSi/c1-17-8-10-20(11-9-17)33(30,31)28-16-19(14-15-27-18(2)29)23-21(28)12-13-22(24(23)26)32-34(6,7)25(3,4)5/h8-13,16H,14-15H2,1-7H3,(H,27,29). The molecule has 1 aromatic heterocycles. The first-order chi connectivity index (χ1) is 15.6. The summed E-state index contributed by atoms with van der Waals surface area (Å²) >= 11 is 3.72. The number of hydrogen-bond donors (Lipinski definition) is 1. The highest BCUT2D eigenvalue weighted by molar-refractivity contribution is 9.10. The molecule has 1 N–H and O–H groups in total. The summed E-state index contributed by atoms with van der Waals surface area (Å²) in [6.07, 6.45) is 2.14. The Morgan fingerprint density at radius 2 is 1.74 bits per heavy atom. The molecule has 2 aromatic carbocycles. The summed E-state index contributed by atoms with van der Waals surface area (Å²) in [5, 5.41) is 3.58. The van der Waals surface area contributed by atoms with Gasteiger partial charge in [-0.2, -0.15) is 0 Å². The molecule has 3 rings (SSSR count). The topological polar surface area (TPSA) is 77.4 Å². The molecule has 0 saturated carbocycles. The van der Waals surface area contributed by atoms with Crippen molar-refractivity contribution in [3.05, 3.63) is 58.2 Å². The smallest absolute Gasteiger partial charge is 0.268 e. The van der Waals surface area contributed by atoms with Gasteiger partial charge >= 0.3 is 0 Å². The number of aryl methyl sites for hydroxylation is 1. The van der Waals surface area contributed by atoms with Gasteiger partial charge in [-0.05, 0) is 77.2 Å². The van der Waals surface area contributed by atoms with E-state index in [0.717, 1.165) is 21.0 Å². The fourth-order valence-electron chi connectivity index (χ4n) is 3.40. The first-order valence-electron chi connectivity index (χ1n) is 11.2. The lowest BCUT2D eigenvalue weighted by Gasteiger charge is -2.36. The Bertz CT molecular complexity index is 1320. The maximum atomic E-state index is 13.6. The van der Waals surface area contributed by atoms with Crippen molar-refractivity contribution in [2.24, 2.45) is 0 Å². The quantitative estimate of drug-likeness (QED) is 0.356. The number of halogens is 1. The van der Waals surface area contributed by atoms with Gasteiger partial charge in [0, 0.05) is 25.1 Å². The van der Waals surface area contributed by atoms with Crippen LogP contribution in [0.5, 0.6) is 5.75 Å². The first kappa shape index (κ1) is 26.5. The molecule has 9 heteroatoms. The molecule has 6 nitrogen and oxygen atoms in total. The zero-order chi connectivity index (χ0) is 25.5. The molecule has 184 valence electrons. The normalized spacial score (nSPS) is 12.7. The molecular formula is C25H33BrN2O4SSi. The molecule has 0 fully saturated rings. The summed E-state index contributed by atoms with van der Waals surface area (Å²) in [5.41, 5.74) is 2.36. The summed E-state index contributed by atoms with van der Waals surface area (Å²) < 4.78 is 35.7. The number of amides is 1. The summed E-state index contributed by atoms with van der Waals surface area (Å²) in [4.78, 5) is 11.6. The van der Waals surface area contributed by atoms with Crippen LogP contribution in [0.2, 0.25) is 18.1 Å². The Hall–Kier alpha value is -2.10. The SMILES string of the molecule is CC(=O)NCCc1cn(S(=O)(=O)c2ccc(C)cc2)c2ccc(O[Si](C)(C)C(C)(C)C)c(Br)c12. The van der Waals surface area contributed by atoms with Gasteiger partial charge in [0.2, 0.25) is 5.91 Å². The minimum atomic E-state index is -3.81. The Labute approximate surface area is 212 Å². The Kier molecular flexibility index (Phi) is 7.41. The number of benzene rings is 2. The molecule has 0 spiro atoms. The molecule has 34 heavy (non-hydrogen) atoms. The van der Waals surface area contributed by atoms with E-state index >= 15 is 0 Å². The fourth-order valence-corrected chi connectivity index (χ4v) is 6.63. The number of fused-ring (bicyclic) bond motifs is 1. The van der Waals surface area contributed by atoms with E-state index < -0.39 is 18.3 Å². The Morgan fingerprint density at radius 1 is 1.12 bits per heavy atom. The molecule has 0 bridgehead atoms. The first-order valence-corrected chi connectivity index (χ1v) is 16.4. The van der Waals surface area contributed by atoms with Crippen LogP contribution in [0, 0.1) is 6.92 Å². The molecule has 1 amide bonds. The summed E-state index contributed by atoms with van der Waals surface area (Å²) in [6.45, 7) is 14.7. The van der Waals surface area contributed by atoms with Crippen LogP contribution in [0.1, 0.15) is 38.8 Å². The molecule has 0 radical (unpaired) electrons. The molecule has 0 unspecified atom stereocenters. The van der Waals surface area contributed by atoms with Crippen molar-refractivity contribution in [3.63, 3.8) is 0 Å². The van der Waals surface area contributed by atoms with E-state index in [-0.39, 0.29) is 15.8 Å². The van der Waals surface area contributed by atoms with E-state index in [9.17, 15) is 13.2 Å². The van der Waals surface area contributed by atoms with Gasteiger partial charge in [-0.1, -0.05) is 38.5 Å². The second-order valence-electron chi connectivity index (χ2n) is 10.1. The number of carbonyl (C=O) groups is 1. The van der Waals surface area contributed by atoms with Crippen molar-refractivity contribution in [1.82, 2.24) is 9.29 Å². The van der Waals surface area contributed by atoms with Gasteiger partial charge in [0.15, 0.2) is 0 Å². The molecule has 0 aliphatic carbocycles. The van der Waals surface area contributed by atoms with Gasteiger partial charge in [-0.3, -0.25) is 4.79 Å². The van der Waals surface area contributed by atoms with E-state index in [1.54, 1.807) is 36.5 Å². The number of aromatic nitrogens is 1. The van der Waals surface area contributed by atoms with E-state index in [4.69, 9.17) is 4.43 Å². The monoisotopic (exact) mass is 564 g/mol. The van der Waals surface area contributed by atoms with E-state index in [0.29, 0.717) is 24.2 Å². The van der Waals surface area contributed by atoms with E-state index in [1.807, 2.05) is 13.0 Å². The van der Waals surface area contributed by atoms with Gasteiger partial charge in [-0.25, -0.2) is 12.4 Å². The van der Waals surface area contributed by atoms with Crippen LogP contribution in [-0.2, 0) is 21.2 Å². The van der Waals surface area contributed by atoms with Gasteiger partial charge in [0.05, 0.1) is 14.9 Å². The van der Waals surface area contributed by atoms with Gasteiger partial charge in [0.1, 0.15) is 5.75 Å². The van der Waals surface area contributed by atoms with Gasteiger partial charge in [-0.15, -0.1) is 0 Å². The fraction of sp³-hybridized carbons (Fsp3) is 0.400.